The summed E-state index contributed by atoms with van der Waals surface area (Å²) in [7, 11) is 4.85. The molecule has 0 amide bonds. The second-order valence-corrected chi connectivity index (χ2v) is 8.08. The highest BCUT2D eigenvalue weighted by molar-refractivity contribution is 7.99. The number of hydrogen-bond donors (Lipinski definition) is 1. The fraction of sp³-hybridized carbons (Fsp3) is 0.208. The van der Waals surface area contributed by atoms with E-state index in [0.717, 1.165) is 21.9 Å². The van der Waals surface area contributed by atoms with Crippen molar-refractivity contribution in [1.29, 1.82) is 0 Å². The predicted molar refractivity (Wildman–Crippen MR) is 120 cm³/mol. The molecule has 0 saturated heterocycles. The van der Waals surface area contributed by atoms with Crippen molar-refractivity contribution < 1.29 is 19.3 Å². The highest BCUT2D eigenvalue weighted by Crippen LogP contribution is 2.47. The second-order valence-electron chi connectivity index (χ2n) is 6.83. The number of benzene rings is 3. The minimum absolute atomic E-state index is 0.0914. The van der Waals surface area contributed by atoms with Crippen LogP contribution in [0.25, 0.3) is 0 Å². The molecule has 0 aromatic heterocycles. The summed E-state index contributed by atoms with van der Waals surface area (Å²) in [5.74, 6) is 2.15. The van der Waals surface area contributed by atoms with Crippen LogP contribution in [0.1, 0.15) is 22.8 Å². The Morgan fingerprint density at radius 1 is 0.900 bits per heavy atom. The van der Waals surface area contributed by atoms with E-state index < -0.39 is 0 Å². The zero-order chi connectivity index (χ0) is 21.1. The Balaban J connectivity index is 1.79. The van der Waals surface area contributed by atoms with E-state index in [1.165, 1.54) is 0 Å². The van der Waals surface area contributed by atoms with Crippen molar-refractivity contribution in [3.05, 3.63) is 71.8 Å². The summed E-state index contributed by atoms with van der Waals surface area (Å²) in [5.41, 5.74) is 3.54. The van der Waals surface area contributed by atoms with Gasteiger partial charge in [-0.25, -0.2) is 0 Å². The molecule has 1 N–H and O–H groups in total. The van der Waals surface area contributed by atoms with Gasteiger partial charge in [0.05, 0.1) is 32.7 Å². The quantitative estimate of drug-likeness (QED) is 0.566. The average molecular weight is 422 g/mol. The molecule has 0 unspecified atom stereocenters. The summed E-state index contributed by atoms with van der Waals surface area (Å²) in [6.07, 6.45) is 0.648. The topological polar surface area (TPSA) is 60.3 Å². The molecule has 3 aromatic carbocycles. The fourth-order valence-corrected chi connectivity index (χ4v) is 4.72. The smallest absolute Gasteiger partial charge is 0.161 e. The summed E-state index contributed by atoms with van der Waals surface area (Å²) >= 11 is 1.76. The van der Waals surface area contributed by atoms with Gasteiger partial charge in [-0.3, -0.25) is 4.99 Å². The Labute approximate surface area is 180 Å². The van der Waals surface area contributed by atoms with Gasteiger partial charge in [0.1, 0.15) is 11.5 Å². The largest absolute Gasteiger partial charge is 0.507 e. The first-order valence-electron chi connectivity index (χ1n) is 9.55. The van der Waals surface area contributed by atoms with E-state index in [4.69, 9.17) is 19.2 Å². The molecule has 154 valence electrons. The Bertz CT molecular complexity index is 1100. The lowest BCUT2D eigenvalue weighted by Gasteiger charge is -2.18. The van der Waals surface area contributed by atoms with Crippen LogP contribution in [0.5, 0.6) is 23.0 Å². The summed E-state index contributed by atoms with van der Waals surface area (Å²) in [5, 5.41) is 10.7. The molecular formula is C24H23NO4S. The van der Waals surface area contributed by atoms with Crippen molar-refractivity contribution in [2.75, 3.05) is 21.3 Å². The van der Waals surface area contributed by atoms with E-state index in [2.05, 4.69) is 12.1 Å². The normalized spacial score (nSPS) is 15.6. The number of ether oxygens (including phenoxy) is 3. The molecule has 3 aromatic rings. The Morgan fingerprint density at radius 2 is 1.70 bits per heavy atom. The molecule has 6 heteroatoms. The number of thioether (sulfide) groups is 1. The van der Waals surface area contributed by atoms with E-state index in [0.29, 0.717) is 29.2 Å². The maximum absolute atomic E-state index is 10.6. The average Bonchev–Trinajstić information content (AvgIpc) is 2.98. The lowest BCUT2D eigenvalue weighted by Crippen LogP contribution is -2.06. The van der Waals surface area contributed by atoms with Crippen LogP contribution in [-0.4, -0.2) is 32.1 Å². The first-order chi connectivity index (χ1) is 14.6. The van der Waals surface area contributed by atoms with Crippen molar-refractivity contribution in [3.8, 4) is 23.0 Å². The Kier molecular flexibility index (Phi) is 5.86. The summed E-state index contributed by atoms with van der Waals surface area (Å²) in [6.45, 7) is 0. The second kappa shape index (κ2) is 8.71. The Morgan fingerprint density at radius 3 is 2.43 bits per heavy atom. The van der Waals surface area contributed by atoms with Gasteiger partial charge in [0, 0.05) is 28.2 Å². The summed E-state index contributed by atoms with van der Waals surface area (Å²) in [6, 6.07) is 19.4. The Hall–Kier alpha value is -3.12. The van der Waals surface area contributed by atoms with Crippen LogP contribution in [0.15, 0.2) is 70.6 Å². The molecule has 0 bridgehead atoms. The first-order valence-corrected chi connectivity index (χ1v) is 10.4. The van der Waals surface area contributed by atoms with Gasteiger partial charge in [0.2, 0.25) is 0 Å². The van der Waals surface area contributed by atoms with Gasteiger partial charge in [-0.05, 0) is 42.0 Å². The van der Waals surface area contributed by atoms with Crippen LogP contribution in [0, 0.1) is 0 Å². The van der Waals surface area contributed by atoms with Crippen LogP contribution in [0.2, 0.25) is 0 Å². The highest BCUT2D eigenvalue weighted by atomic mass is 32.2. The molecule has 0 spiro atoms. The molecule has 0 aliphatic carbocycles. The van der Waals surface area contributed by atoms with E-state index in [1.54, 1.807) is 39.2 Å². The van der Waals surface area contributed by atoms with Gasteiger partial charge in [0.15, 0.2) is 11.5 Å². The molecule has 1 atom stereocenters. The maximum Gasteiger partial charge on any atom is 0.161 e. The van der Waals surface area contributed by atoms with Crippen LogP contribution in [-0.2, 0) is 0 Å². The van der Waals surface area contributed by atoms with E-state index in [1.807, 2.05) is 42.5 Å². The third-order valence-electron chi connectivity index (χ3n) is 5.06. The molecule has 0 fully saturated rings. The van der Waals surface area contributed by atoms with Crippen molar-refractivity contribution >= 4 is 23.2 Å². The van der Waals surface area contributed by atoms with Crippen molar-refractivity contribution in [1.82, 2.24) is 0 Å². The molecule has 1 heterocycles. The van der Waals surface area contributed by atoms with Crippen molar-refractivity contribution in [2.24, 2.45) is 4.99 Å². The molecule has 4 rings (SSSR count). The van der Waals surface area contributed by atoms with Crippen LogP contribution >= 0.6 is 11.8 Å². The number of hydrogen-bond acceptors (Lipinski definition) is 6. The van der Waals surface area contributed by atoms with Crippen LogP contribution in [0.4, 0.5) is 5.69 Å². The summed E-state index contributed by atoms with van der Waals surface area (Å²) in [4.78, 5) is 6.01. The number of fused-ring (bicyclic) bond motifs is 1. The third kappa shape index (κ3) is 3.96. The number of rotatable bonds is 5. The van der Waals surface area contributed by atoms with Crippen LogP contribution in [0.3, 0.4) is 0 Å². The fourth-order valence-electron chi connectivity index (χ4n) is 3.50. The lowest BCUT2D eigenvalue weighted by atomic mass is 10.00. The number of aliphatic imine (C=N–C) groups is 1. The number of phenols is 1. The number of para-hydroxylation sites is 1. The molecule has 30 heavy (non-hydrogen) atoms. The molecule has 0 radical (unpaired) electrons. The number of methoxy groups -OCH3 is 3. The zero-order valence-corrected chi connectivity index (χ0v) is 17.9. The monoisotopic (exact) mass is 421 g/mol. The molecule has 1 aliphatic rings. The SMILES string of the molecule is COc1ccc(C2=Nc3ccccc3S[C@H](c3ccc(OC)c(OC)c3)C2)c(O)c1. The molecule has 0 saturated carbocycles. The minimum atomic E-state index is 0.0914. The number of phenolic OH excluding ortho intramolecular Hbond substituents is 1. The van der Waals surface area contributed by atoms with E-state index >= 15 is 0 Å². The zero-order valence-electron chi connectivity index (χ0n) is 17.1. The standard InChI is InChI=1S/C24H23NO4S/c1-27-16-9-10-17(20(26)13-16)19-14-24(30-23-7-5-4-6-18(23)25-19)15-8-11-21(28-2)22(12-15)29-3/h4-13,24,26H,14H2,1-3H3/t24-/m0/s1. The third-order valence-corrected chi connectivity index (χ3v) is 6.39. The van der Waals surface area contributed by atoms with E-state index in [-0.39, 0.29) is 11.0 Å². The highest BCUT2D eigenvalue weighted by Gasteiger charge is 2.25. The number of aromatic hydroxyl groups is 1. The van der Waals surface area contributed by atoms with Gasteiger partial charge in [0.25, 0.3) is 0 Å². The first kappa shape index (κ1) is 20.2. The van der Waals surface area contributed by atoms with Gasteiger partial charge in [-0.15, -0.1) is 11.8 Å². The summed E-state index contributed by atoms with van der Waals surface area (Å²) < 4.78 is 16.1. The molecular weight excluding hydrogens is 398 g/mol. The molecule has 5 nitrogen and oxygen atoms in total. The lowest BCUT2D eigenvalue weighted by molar-refractivity contribution is 0.354. The number of nitrogens with zero attached hydrogens (tertiary/aromatic N) is 1. The van der Waals surface area contributed by atoms with Crippen molar-refractivity contribution in [3.63, 3.8) is 0 Å². The van der Waals surface area contributed by atoms with Gasteiger partial charge in [-0.2, -0.15) is 0 Å². The van der Waals surface area contributed by atoms with Gasteiger partial charge >= 0.3 is 0 Å². The minimum Gasteiger partial charge on any atom is -0.507 e. The predicted octanol–water partition coefficient (Wildman–Crippen LogP) is 5.78. The van der Waals surface area contributed by atoms with Crippen molar-refractivity contribution in [2.45, 2.75) is 16.6 Å². The van der Waals surface area contributed by atoms with Gasteiger partial charge in [-0.1, -0.05) is 18.2 Å². The van der Waals surface area contributed by atoms with Gasteiger partial charge < -0.3 is 19.3 Å². The maximum atomic E-state index is 10.6. The van der Waals surface area contributed by atoms with E-state index in [9.17, 15) is 5.11 Å². The van der Waals surface area contributed by atoms with Crippen LogP contribution < -0.4 is 14.2 Å². The molecule has 1 aliphatic heterocycles.